The molecular formula is C11H7F3N8OS. The van der Waals surface area contributed by atoms with E-state index in [-0.39, 0.29) is 22.1 Å². The molecule has 124 valence electrons. The average Bonchev–Trinajstić information content (AvgIpc) is 3.10. The summed E-state index contributed by atoms with van der Waals surface area (Å²) >= 11 is 0.904. The van der Waals surface area contributed by atoms with Crippen molar-refractivity contribution in [1.29, 1.82) is 5.26 Å². The number of nitriles is 1. The van der Waals surface area contributed by atoms with Crippen molar-refractivity contribution in [3.63, 3.8) is 0 Å². The maximum absolute atomic E-state index is 12.4. The van der Waals surface area contributed by atoms with Crippen LogP contribution in [0.15, 0.2) is 22.2 Å². The minimum absolute atomic E-state index is 0.0519. The number of H-pyrrole nitrogens is 1. The SMILES string of the molecule is N#Cc1c[nH]n2c(=O)cc(CSc3nnnn3CC(F)(F)F)nc12. The highest BCUT2D eigenvalue weighted by Crippen LogP contribution is 2.23. The number of fused-ring (bicyclic) bond motifs is 1. The summed E-state index contributed by atoms with van der Waals surface area (Å²) in [6, 6.07) is 3.10. The van der Waals surface area contributed by atoms with E-state index in [4.69, 9.17) is 5.26 Å². The number of halogens is 3. The number of rotatable bonds is 4. The first-order valence-corrected chi connectivity index (χ1v) is 7.32. The van der Waals surface area contributed by atoms with Crippen LogP contribution in [0, 0.1) is 11.3 Å². The summed E-state index contributed by atoms with van der Waals surface area (Å²) in [5.41, 5.74) is 0.186. The van der Waals surface area contributed by atoms with E-state index in [2.05, 4.69) is 25.6 Å². The van der Waals surface area contributed by atoms with Crippen molar-refractivity contribution in [2.24, 2.45) is 0 Å². The summed E-state index contributed by atoms with van der Waals surface area (Å²) in [4.78, 5) is 16.1. The average molecular weight is 356 g/mol. The summed E-state index contributed by atoms with van der Waals surface area (Å²) in [7, 11) is 0. The van der Waals surface area contributed by atoms with Crippen LogP contribution in [0.25, 0.3) is 5.65 Å². The van der Waals surface area contributed by atoms with Gasteiger partial charge in [-0.05, 0) is 10.4 Å². The molecule has 0 unspecified atom stereocenters. The number of aromatic nitrogens is 7. The van der Waals surface area contributed by atoms with E-state index in [1.807, 2.05) is 6.07 Å². The number of aromatic amines is 1. The van der Waals surface area contributed by atoms with Crippen LogP contribution < -0.4 is 5.56 Å². The summed E-state index contributed by atoms with van der Waals surface area (Å²) < 4.78 is 39.0. The molecule has 0 aliphatic rings. The van der Waals surface area contributed by atoms with E-state index < -0.39 is 18.3 Å². The van der Waals surface area contributed by atoms with E-state index in [0.29, 0.717) is 10.4 Å². The van der Waals surface area contributed by atoms with Crippen molar-refractivity contribution in [3.05, 3.63) is 33.9 Å². The van der Waals surface area contributed by atoms with Crippen molar-refractivity contribution in [3.8, 4) is 6.07 Å². The summed E-state index contributed by atoms with van der Waals surface area (Å²) in [5.74, 6) is 0.0695. The molecular weight excluding hydrogens is 349 g/mol. The number of hydrogen-bond donors (Lipinski definition) is 1. The van der Waals surface area contributed by atoms with Gasteiger partial charge in [-0.3, -0.25) is 9.89 Å². The lowest BCUT2D eigenvalue weighted by Gasteiger charge is -2.07. The second-order valence-corrected chi connectivity index (χ2v) is 5.51. The minimum Gasteiger partial charge on any atom is -0.295 e. The fourth-order valence-electron chi connectivity index (χ4n) is 1.89. The van der Waals surface area contributed by atoms with Crippen LogP contribution in [-0.2, 0) is 12.3 Å². The first-order valence-electron chi connectivity index (χ1n) is 6.33. The van der Waals surface area contributed by atoms with Gasteiger partial charge < -0.3 is 0 Å². The number of nitrogens with zero attached hydrogens (tertiary/aromatic N) is 7. The van der Waals surface area contributed by atoms with Crippen LogP contribution in [0.3, 0.4) is 0 Å². The zero-order valence-corrected chi connectivity index (χ0v) is 12.5. The fraction of sp³-hybridized carbons (Fsp3) is 0.273. The molecule has 0 aromatic carbocycles. The molecule has 3 aromatic rings. The molecule has 24 heavy (non-hydrogen) atoms. The highest BCUT2D eigenvalue weighted by molar-refractivity contribution is 7.98. The quantitative estimate of drug-likeness (QED) is 0.685. The zero-order valence-electron chi connectivity index (χ0n) is 11.6. The largest absolute Gasteiger partial charge is 0.408 e. The van der Waals surface area contributed by atoms with Crippen LogP contribution >= 0.6 is 11.8 Å². The molecule has 0 fully saturated rings. The van der Waals surface area contributed by atoms with E-state index in [9.17, 15) is 18.0 Å². The molecule has 0 saturated heterocycles. The van der Waals surface area contributed by atoms with Gasteiger partial charge in [-0.15, -0.1) is 5.10 Å². The standard InChI is InChI=1S/C11H7F3N8OS/c12-11(13,14)5-21-10(18-19-20-21)24-4-7-1-8(23)22-9(17-7)6(2-15)3-16-22/h1,3,16H,4-5H2. The van der Waals surface area contributed by atoms with Gasteiger partial charge in [0.05, 0.1) is 5.69 Å². The molecule has 0 aliphatic heterocycles. The Morgan fingerprint density at radius 3 is 2.92 bits per heavy atom. The number of tetrazole rings is 1. The molecule has 1 N–H and O–H groups in total. The second-order valence-electron chi connectivity index (χ2n) is 4.57. The Balaban J connectivity index is 1.83. The summed E-state index contributed by atoms with van der Waals surface area (Å²) in [5, 5.41) is 21.5. The topological polar surface area (TPSA) is 118 Å². The number of alkyl halides is 3. The van der Waals surface area contributed by atoms with Gasteiger partial charge >= 0.3 is 6.18 Å². The van der Waals surface area contributed by atoms with Gasteiger partial charge in [0.1, 0.15) is 18.2 Å². The van der Waals surface area contributed by atoms with Gasteiger partial charge in [0, 0.05) is 18.0 Å². The van der Waals surface area contributed by atoms with Crippen molar-refractivity contribution in [2.45, 2.75) is 23.6 Å². The van der Waals surface area contributed by atoms with Gasteiger partial charge in [-0.25, -0.2) is 14.2 Å². The smallest absolute Gasteiger partial charge is 0.295 e. The van der Waals surface area contributed by atoms with Crippen LogP contribution in [0.4, 0.5) is 13.2 Å². The highest BCUT2D eigenvalue weighted by atomic mass is 32.2. The Hall–Kier alpha value is -2.88. The minimum atomic E-state index is -4.45. The third kappa shape index (κ3) is 3.23. The normalized spacial score (nSPS) is 11.8. The molecule has 0 amide bonds. The number of hydrogen-bond acceptors (Lipinski definition) is 7. The van der Waals surface area contributed by atoms with Gasteiger partial charge in [-0.1, -0.05) is 11.8 Å². The molecule has 9 nitrogen and oxygen atoms in total. The first-order chi connectivity index (χ1) is 11.4. The molecule has 3 heterocycles. The Labute approximate surface area is 135 Å². The Kier molecular flexibility index (Phi) is 3.97. The maximum atomic E-state index is 12.4. The third-order valence-corrected chi connectivity index (χ3v) is 3.84. The van der Waals surface area contributed by atoms with Crippen molar-refractivity contribution >= 4 is 17.4 Å². The van der Waals surface area contributed by atoms with E-state index >= 15 is 0 Å². The molecule has 13 heteroatoms. The summed E-state index contributed by atoms with van der Waals surface area (Å²) in [6.07, 6.45) is -3.11. The molecule has 0 bridgehead atoms. The van der Waals surface area contributed by atoms with Crippen LogP contribution in [0.2, 0.25) is 0 Å². The molecule has 0 radical (unpaired) electrons. The predicted octanol–water partition coefficient (Wildman–Crippen LogP) is 0.735. The lowest BCUT2D eigenvalue weighted by Crippen LogP contribution is -2.19. The molecule has 0 atom stereocenters. The van der Waals surface area contributed by atoms with Crippen molar-refractivity contribution in [1.82, 2.24) is 34.8 Å². The Morgan fingerprint density at radius 1 is 1.42 bits per heavy atom. The monoisotopic (exact) mass is 356 g/mol. The predicted molar refractivity (Wildman–Crippen MR) is 74.0 cm³/mol. The van der Waals surface area contributed by atoms with E-state index in [0.717, 1.165) is 16.3 Å². The summed E-state index contributed by atoms with van der Waals surface area (Å²) in [6.45, 7) is -1.31. The molecule has 0 spiro atoms. The highest BCUT2D eigenvalue weighted by Gasteiger charge is 2.30. The van der Waals surface area contributed by atoms with Crippen molar-refractivity contribution < 1.29 is 13.2 Å². The van der Waals surface area contributed by atoms with Crippen LogP contribution in [0.1, 0.15) is 11.3 Å². The van der Waals surface area contributed by atoms with Crippen LogP contribution in [0.5, 0.6) is 0 Å². The lowest BCUT2D eigenvalue weighted by molar-refractivity contribution is -0.144. The first kappa shape index (κ1) is 16.0. The van der Waals surface area contributed by atoms with E-state index in [1.165, 1.54) is 12.3 Å². The van der Waals surface area contributed by atoms with Crippen LogP contribution in [-0.4, -0.2) is 41.0 Å². The second kappa shape index (κ2) is 5.96. The molecule has 3 aromatic heterocycles. The Bertz CT molecular complexity index is 982. The number of thioether (sulfide) groups is 1. The van der Waals surface area contributed by atoms with E-state index in [1.54, 1.807) is 0 Å². The van der Waals surface area contributed by atoms with Gasteiger partial charge in [-0.2, -0.15) is 18.4 Å². The molecule has 3 rings (SSSR count). The lowest BCUT2D eigenvalue weighted by atomic mass is 10.3. The zero-order chi connectivity index (χ0) is 17.3. The maximum Gasteiger partial charge on any atom is 0.408 e. The van der Waals surface area contributed by atoms with Crippen molar-refractivity contribution in [2.75, 3.05) is 0 Å². The third-order valence-electron chi connectivity index (χ3n) is 2.85. The molecule has 0 saturated carbocycles. The van der Waals surface area contributed by atoms with Gasteiger partial charge in [0.2, 0.25) is 5.16 Å². The molecule has 0 aliphatic carbocycles. The van der Waals surface area contributed by atoms with Gasteiger partial charge in [0.15, 0.2) is 5.65 Å². The fourth-order valence-corrected chi connectivity index (χ4v) is 2.66. The van der Waals surface area contributed by atoms with Gasteiger partial charge in [0.25, 0.3) is 5.56 Å². The number of nitrogens with one attached hydrogen (secondary N) is 1. The Morgan fingerprint density at radius 2 is 2.21 bits per heavy atom.